The Morgan fingerprint density at radius 3 is 2.97 bits per heavy atom. The minimum Gasteiger partial charge on any atom is -0.370 e. The van der Waals surface area contributed by atoms with E-state index in [0.29, 0.717) is 6.61 Å². The Morgan fingerprint density at radius 2 is 2.13 bits per heavy atom. The van der Waals surface area contributed by atoms with Crippen LogP contribution in [0.25, 0.3) is 38.2 Å². The lowest BCUT2D eigenvalue weighted by molar-refractivity contribution is -0.0379. The minimum atomic E-state index is -0.188. The maximum atomic E-state index is 6.02. The first-order valence-corrected chi connectivity index (χ1v) is 11.2. The average Bonchev–Trinajstić information content (AvgIpc) is 3.40. The number of hydrogen-bond donors (Lipinski definition) is 0. The lowest BCUT2D eigenvalue weighted by atomic mass is 9.94. The monoisotopic (exact) mass is 429 g/mol. The number of hydrogen-bond acceptors (Lipinski definition) is 5. The number of benzene rings is 1. The molecule has 7 heteroatoms. The van der Waals surface area contributed by atoms with E-state index in [0.717, 1.165) is 56.7 Å². The van der Waals surface area contributed by atoms with Gasteiger partial charge in [-0.25, -0.2) is 14.5 Å². The van der Waals surface area contributed by atoms with Gasteiger partial charge in [-0.1, -0.05) is 30.4 Å². The van der Waals surface area contributed by atoms with Crippen LogP contribution in [0.15, 0.2) is 48.9 Å². The predicted octanol–water partition coefficient (Wildman–Crippen LogP) is 5.39. The lowest BCUT2D eigenvalue weighted by Crippen LogP contribution is -2.31. The molecule has 1 aliphatic rings. The van der Waals surface area contributed by atoms with E-state index in [2.05, 4.69) is 60.4 Å². The molecule has 1 aromatic carbocycles. The van der Waals surface area contributed by atoms with E-state index in [9.17, 15) is 0 Å². The minimum absolute atomic E-state index is 0.188. The van der Waals surface area contributed by atoms with E-state index in [1.165, 1.54) is 10.4 Å². The molecule has 0 unspecified atom stereocenters. The maximum Gasteiger partial charge on any atom is 0.184 e. The fraction of sp³-hybridized carbons (Fsp3) is 0.292. The van der Waals surface area contributed by atoms with Crippen molar-refractivity contribution in [1.29, 1.82) is 0 Å². The largest absolute Gasteiger partial charge is 0.370 e. The summed E-state index contributed by atoms with van der Waals surface area (Å²) < 4.78 is 10.1. The van der Waals surface area contributed by atoms with Crippen LogP contribution >= 0.6 is 11.3 Å². The van der Waals surface area contributed by atoms with Crippen LogP contribution in [-0.2, 0) is 24.3 Å². The zero-order valence-electron chi connectivity index (χ0n) is 17.8. The van der Waals surface area contributed by atoms with Crippen molar-refractivity contribution < 1.29 is 4.74 Å². The number of ether oxygens (including phenoxy) is 1. The Balaban J connectivity index is 1.58. The van der Waals surface area contributed by atoms with Crippen LogP contribution in [0.2, 0.25) is 0 Å². The topological polar surface area (TPSA) is 57.2 Å². The van der Waals surface area contributed by atoms with E-state index >= 15 is 0 Å². The fourth-order valence-corrected chi connectivity index (χ4v) is 5.57. The van der Waals surface area contributed by atoms with Gasteiger partial charge in [0.25, 0.3) is 0 Å². The fourth-order valence-electron chi connectivity index (χ4n) is 4.50. The molecule has 0 atom stereocenters. The van der Waals surface area contributed by atoms with Gasteiger partial charge in [-0.05, 0) is 32.4 Å². The summed E-state index contributed by atoms with van der Waals surface area (Å²) >= 11 is 1.70. The summed E-state index contributed by atoms with van der Waals surface area (Å²) in [7, 11) is 0. The van der Waals surface area contributed by atoms with E-state index in [-0.39, 0.29) is 5.60 Å². The molecule has 0 radical (unpaired) electrons. The average molecular weight is 430 g/mol. The number of fused-ring (bicyclic) bond motifs is 6. The summed E-state index contributed by atoms with van der Waals surface area (Å²) in [5.41, 5.74) is 5.28. The van der Waals surface area contributed by atoms with Gasteiger partial charge in [0.1, 0.15) is 11.2 Å². The summed E-state index contributed by atoms with van der Waals surface area (Å²) in [5.74, 6) is 0.720. The number of rotatable bonds is 3. The van der Waals surface area contributed by atoms with Crippen molar-refractivity contribution in [1.82, 2.24) is 24.1 Å². The Bertz CT molecular complexity index is 1500. The van der Waals surface area contributed by atoms with Crippen molar-refractivity contribution in [3.63, 3.8) is 0 Å². The van der Waals surface area contributed by atoms with Gasteiger partial charge in [-0.2, -0.15) is 0 Å². The molecule has 4 aromatic heterocycles. The number of nitrogens with zero attached hydrogens (tertiary/aromatic N) is 5. The van der Waals surface area contributed by atoms with Crippen molar-refractivity contribution in [2.24, 2.45) is 0 Å². The van der Waals surface area contributed by atoms with Gasteiger partial charge in [-0.15, -0.1) is 16.4 Å². The third-order valence-electron chi connectivity index (χ3n) is 5.88. The standard InChI is InChI=1S/C24H23N5OS/c1-14(2)10-28-11-17(15-7-5-6-8-18(15)28)21-26-22-20-16-9-24(3,4)30-12-19(16)31-23(20)25-13-29(22)27-21/h5-8,11,13H,1,9-10,12H2,2-4H3. The first-order chi connectivity index (χ1) is 14.9. The van der Waals surface area contributed by atoms with Crippen LogP contribution in [0.1, 0.15) is 31.2 Å². The van der Waals surface area contributed by atoms with Gasteiger partial charge < -0.3 is 9.30 Å². The summed E-state index contributed by atoms with van der Waals surface area (Å²) in [6, 6.07) is 8.39. The second kappa shape index (κ2) is 6.48. The van der Waals surface area contributed by atoms with Crippen LogP contribution in [0, 0.1) is 0 Å². The predicted molar refractivity (Wildman–Crippen MR) is 124 cm³/mol. The highest BCUT2D eigenvalue weighted by Gasteiger charge is 2.31. The van der Waals surface area contributed by atoms with E-state index < -0.39 is 0 Å². The van der Waals surface area contributed by atoms with Crippen LogP contribution in [0.5, 0.6) is 0 Å². The Morgan fingerprint density at radius 1 is 1.29 bits per heavy atom. The number of aromatic nitrogens is 5. The van der Waals surface area contributed by atoms with Crippen LogP contribution in [0.4, 0.5) is 0 Å². The van der Waals surface area contributed by atoms with Crippen LogP contribution in [0.3, 0.4) is 0 Å². The molecule has 0 spiro atoms. The van der Waals surface area contributed by atoms with E-state index in [1.54, 1.807) is 17.7 Å². The van der Waals surface area contributed by atoms with Gasteiger partial charge >= 0.3 is 0 Å². The van der Waals surface area contributed by atoms with Crippen molar-refractivity contribution in [2.45, 2.75) is 45.9 Å². The Hall–Kier alpha value is -3.03. The molecule has 0 fully saturated rings. The third kappa shape index (κ3) is 2.91. The van der Waals surface area contributed by atoms with Gasteiger partial charge in [0.15, 0.2) is 11.5 Å². The molecule has 0 aliphatic carbocycles. The summed E-state index contributed by atoms with van der Waals surface area (Å²) in [6.45, 7) is 11.8. The Kier molecular flexibility index (Phi) is 3.91. The van der Waals surface area contributed by atoms with Gasteiger partial charge in [0.05, 0.1) is 17.6 Å². The smallest absolute Gasteiger partial charge is 0.184 e. The molecule has 0 saturated carbocycles. The second-order valence-electron chi connectivity index (χ2n) is 9.00. The van der Waals surface area contributed by atoms with Crippen molar-refractivity contribution >= 4 is 38.1 Å². The van der Waals surface area contributed by atoms with Gasteiger partial charge in [-0.3, -0.25) is 0 Å². The zero-order valence-corrected chi connectivity index (χ0v) is 18.7. The van der Waals surface area contributed by atoms with Crippen LogP contribution in [-0.4, -0.2) is 29.8 Å². The summed E-state index contributed by atoms with van der Waals surface area (Å²) in [6.07, 6.45) is 4.76. The van der Waals surface area contributed by atoms with Crippen LogP contribution < -0.4 is 0 Å². The number of thiophene rings is 1. The number of para-hydroxylation sites is 1. The molecule has 1 aliphatic heterocycles. The van der Waals surface area contributed by atoms with Gasteiger partial charge in [0.2, 0.25) is 0 Å². The first-order valence-electron chi connectivity index (χ1n) is 10.4. The maximum absolute atomic E-state index is 6.02. The summed E-state index contributed by atoms with van der Waals surface area (Å²) in [4.78, 5) is 12.0. The molecule has 5 heterocycles. The lowest BCUT2D eigenvalue weighted by Gasteiger charge is -2.30. The second-order valence-corrected chi connectivity index (χ2v) is 10.1. The molecule has 31 heavy (non-hydrogen) atoms. The molecular formula is C24H23N5OS. The molecule has 0 bridgehead atoms. The van der Waals surface area contributed by atoms with Crippen molar-refractivity contribution in [2.75, 3.05) is 0 Å². The molecule has 6 nitrogen and oxygen atoms in total. The molecule has 0 saturated heterocycles. The highest BCUT2D eigenvalue weighted by atomic mass is 32.1. The molecule has 156 valence electrons. The molecule has 0 N–H and O–H groups in total. The van der Waals surface area contributed by atoms with E-state index in [4.69, 9.17) is 14.8 Å². The summed E-state index contributed by atoms with van der Waals surface area (Å²) in [5, 5.41) is 7.08. The van der Waals surface area contributed by atoms with Crippen molar-refractivity contribution in [3.05, 3.63) is 59.4 Å². The highest BCUT2D eigenvalue weighted by molar-refractivity contribution is 7.19. The number of allylic oxidation sites excluding steroid dienone is 1. The molecule has 0 amide bonds. The third-order valence-corrected chi connectivity index (χ3v) is 6.99. The molecule has 6 rings (SSSR count). The normalized spacial score (nSPS) is 15.7. The quantitative estimate of drug-likeness (QED) is 0.361. The Labute approximate surface area is 183 Å². The SMILES string of the molecule is C=C(C)Cn1cc(-c2nc3c4c5c(sc4ncn3n2)COC(C)(C)C5)c2ccccc21. The molecule has 5 aromatic rings. The van der Waals surface area contributed by atoms with E-state index in [1.807, 2.05) is 11.4 Å². The highest BCUT2D eigenvalue weighted by Crippen LogP contribution is 2.40. The molecular weight excluding hydrogens is 406 g/mol. The zero-order chi connectivity index (χ0) is 21.3. The van der Waals surface area contributed by atoms with Crippen molar-refractivity contribution in [3.8, 4) is 11.4 Å². The van der Waals surface area contributed by atoms with Gasteiger partial charge in [0, 0.05) is 40.5 Å². The first kappa shape index (κ1) is 18.7.